The van der Waals surface area contributed by atoms with Gasteiger partial charge in [0.1, 0.15) is 5.76 Å². The smallest absolute Gasteiger partial charge is 0.164 e. The Balaban J connectivity index is 2.49. The topological polar surface area (TPSA) is 27.7 Å². The van der Waals surface area contributed by atoms with Crippen molar-refractivity contribution in [1.82, 2.24) is 0 Å². The van der Waals surface area contributed by atoms with E-state index >= 15 is 0 Å². The molecule has 0 bridgehead atoms. The zero-order chi connectivity index (χ0) is 11.5. The molecule has 0 fully saturated rings. The molecular weight excluding hydrogens is 204 g/mol. The third-order valence-corrected chi connectivity index (χ3v) is 2.88. The Morgan fingerprint density at radius 2 is 1.81 bits per heavy atom. The van der Waals surface area contributed by atoms with Crippen LogP contribution in [0, 0.1) is 0 Å². The Morgan fingerprint density at radius 1 is 1.06 bits per heavy atom. The van der Waals surface area contributed by atoms with E-state index in [2.05, 4.69) is 6.07 Å². The number of fused-ring (bicyclic) bond motifs is 1. The first-order chi connectivity index (χ1) is 7.83. The number of hydrogen-bond donors (Lipinski definition) is 0. The van der Waals surface area contributed by atoms with Crippen LogP contribution in [-0.2, 0) is 14.2 Å². The fraction of sp³-hybridized carbons (Fsp3) is 0.385. The van der Waals surface area contributed by atoms with Crippen molar-refractivity contribution >= 4 is 5.76 Å². The molecule has 0 heterocycles. The summed E-state index contributed by atoms with van der Waals surface area (Å²) in [5.74, 6) is 1.81. The number of rotatable bonds is 4. The van der Waals surface area contributed by atoms with E-state index in [1.165, 1.54) is 5.56 Å². The van der Waals surface area contributed by atoms with Crippen LogP contribution in [0.1, 0.15) is 17.0 Å². The molecule has 0 N–H and O–H groups in total. The molecule has 86 valence electrons. The van der Waals surface area contributed by atoms with Gasteiger partial charge in [0, 0.05) is 12.7 Å². The molecule has 0 saturated heterocycles. The van der Waals surface area contributed by atoms with Gasteiger partial charge >= 0.3 is 0 Å². The van der Waals surface area contributed by atoms with Crippen LogP contribution in [0.2, 0.25) is 0 Å². The normalized spacial score (nSPS) is 18.6. The molecule has 0 saturated carbocycles. The van der Waals surface area contributed by atoms with Gasteiger partial charge in [-0.15, -0.1) is 0 Å². The zero-order valence-electron chi connectivity index (χ0n) is 9.82. The van der Waals surface area contributed by atoms with Crippen LogP contribution >= 0.6 is 0 Å². The van der Waals surface area contributed by atoms with Crippen molar-refractivity contribution < 1.29 is 14.2 Å². The molecule has 3 heteroatoms. The summed E-state index contributed by atoms with van der Waals surface area (Å²) >= 11 is 0. The molecule has 1 atom stereocenters. The van der Waals surface area contributed by atoms with Gasteiger partial charge < -0.3 is 14.2 Å². The van der Waals surface area contributed by atoms with E-state index in [-0.39, 0.29) is 5.92 Å². The zero-order valence-corrected chi connectivity index (χ0v) is 9.82. The van der Waals surface area contributed by atoms with Crippen molar-refractivity contribution in [2.45, 2.75) is 5.92 Å². The van der Waals surface area contributed by atoms with E-state index in [0.717, 1.165) is 17.1 Å². The van der Waals surface area contributed by atoms with Crippen molar-refractivity contribution in [3.8, 4) is 0 Å². The molecule has 1 aromatic carbocycles. The molecule has 1 aliphatic rings. The second-order valence-electron chi connectivity index (χ2n) is 3.70. The quantitative estimate of drug-likeness (QED) is 0.779. The van der Waals surface area contributed by atoms with Gasteiger partial charge in [-0.2, -0.15) is 0 Å². The van der Waals surface area contributed by atoms with Crippen molar-refractivity contribution in [3.05, 3.63) is 41.2 Å². The molecule has 16 heavy (non-hydrogen) atoms. The minimum atomic E-state index is 0.140. The maximum Gasteiger partial charge on any atom is 0.164 e. The van der Waals surface area contributed by atoms with Gasteiger partial charge in [-0.05, 0) is 5.56 Å². The number of benzene rings is 1. The summed E-state index contributed by atoms with van der Waals surface area (Å²) in [6, 6.07) is 8.15. The third kappa shape index (κ3) is 1.57. The van der Waals surface area contributed by atoms with Gasteiger partial charge in [-0.3, -0.25) is 0 Å². The van der Waals surface area contributed by atoms with Crippen LogP contribution in [0.25, 0.3) is 5.76 Å². The van der Waals surface area contributed by atoms with Gasteiger partial charge in [0.2, 0.25) is 0 Å². The van der Waals surface area contributed by atoms with E-state index in [4.69, 9.17) is 14.2 Å². The highest BCUT2D eigenvalue weighted by Crippen LogP contribution is 2.42. The van der Waals surface area contributed by atoms with Gasteiger partial charge in [0.25, 0.3) is 0 Å². The predicted molar refractivity (Wildman–Crippen MR) is 62.0 cm³/mol. The minimum Gasteiger partial charge on any atom is -0.496 e. The standard InChI is InChI=1S/C13H16O3/c1-14-8-11-9-6-4-5-7-10(9)12(15-2)13(11)16-3/h4-7,11H,8H2,1-3H3. The summed E-state index contributed by atoms with van der Waals surface area (Å²) in [5, 5.41) is 0. The van der Waals surface area contributed by atoms with Crippen LogP contribution in [0.15, 0.2) is 30.0 Å². The molecule has 1 aromatic rings. The van der Waals surface area contributed by atoms with Crippen LogP contribution in [-0.4, -0.2) is 27.9 Å². The van der Waals surface area contributed by atoms with Crippen LogP contribution in [0.4, 0.5) is 0 Å². The fourth-order valence-corrected chi connectivity index (χ4v) is 2.22. The number of methoxy groups -OCH3 is 3. The summed E-state index contributed by atoms with van der Waals surface area (Å²) in [6.07, 6.45) is 0. The highest BCUT2D eigenvalue weighted by atomic mass is 16.5. The number of hydrogen-bond acceptors (Lipinski definition) is 3. The van der Waals surface area contributed by atoms with Crippen molar-refractivity contribution in [2.75, 3.05) is 27.9 Å². The lowest BCUT2D eigenvalue weighted by atomic mass is 10.0. The lowest BCUT2D eigenvalue weighted by Gasteiger charge is -2.13. The molecule has 0 aromatic heterocycles. The maximum absolute atomic E-state index is 5.44. The number of ether oxygens (including phenoxy) is 3. The summed E-state index contributed by atoms with van der Waals surface area (Å²) in [6.45, 7) is 0.604. The van der Waals surface area contributed by atoms with Gasteiger partial charge in [-0.1, -0.05) is 24.3 Å². The first-order valence-corrected chi connectivity index (χ1v) is 5.23. The Kier molecular flexibility index (Phi) is 3.15. The van der Waals surface area contributed by atoms with E-state index in [1.807, 2.05) is 18.2 Å². The van der Waals surface area contributed by atoms with E-state index in [1.54, 1.807) is 21.3 Å². The largest absolute Gasteiger partial charge is 0.496 e. The molecular formula is C13H16O3. The maximum atomic E-state index is 5.44. The SMILES string of the molecule is COCC1C(OC)=C(OC)c2ccccc21. The van der Waals surface area contributed by atoms with Crippen LogP contribution in [0.3, 0.4) is 0 Å². The highest BCUT2D eigenvalue weighted by Gasteiger charge is 2.33. The lowest BCUT2D eigenvalue weighted by molar-refractivity contribution is 0.158. The Hall–Kier alpha value is -1.48. The highest BCUT2D eigenvalue weighted by molar-refractivity contribution is 5.72. The third-order valence-electron chi connectivity index (χ3n) is 2.88. The Labute approximate surface area is 95.6 Å². The molecule has 0 radical (unpaired) electrons. The summed E-state index contributed by atoms with van der Waals surface area (Å²) in [5.41, 5.74) is 2.31. The second-order valence-corrected chi connectivity index (χ2v) is 3.70. The van der Waals surface area contributed by atoms with Crippen molar-refractivity contribution in [1.29, 1.82) is 0 Å². The molecule has 1 aliphatic carbocycles. The van der Waals surface area contributed by atoms with Crippen molar-refractivity contribution in [2.24, 2.45) is 0 Å². The lowest BCUT2D eigenvalue weighted by Crippen LogP contribution is -2.07. The second kappa shape index (κ2) is 4.58. The van der Waals surface area contributed by atoms with Crippen LogP contribution < -0.4 is 0 Å². The summed E-state index contributed by atoms with van der Waals surface area (Å²) in [4.78, 5) is 0. The average molecular weight is 220 g/mol. The first-order valence-electron chi connectivity index (χ1n) is 5.23. The first kappa shape index (κ1) is 11.0. The Bertz CT molecular complexity index is 409. The fourth-order valence-electron chi connectivity index (χ4n) is 2.22. The summed E-state index contributed by atoms with van der Waals surface area (Å²) < 4.78 is 16.1. The van der Waals surface area contributed by atoms with Crippen LogP contribution in [0.5, 0.6) is 0 Å². The van der Waals surface area contributed by atoms with Gasteiger partial charge in [0.15, 0.2) is 5.76 Å². The molecule has 2 rings (SSSR count). The monoisotopic (exact) mass is 220 g/mol. The predicted octanol–water partition coefficient (Wildman–Crippen LogP) is 2.39. The molecule has 0 aliphatic heterocycles. The van der Waals surface area contributed by atoms with Gasteiger partial charge in [0.05, 0.1) is 26.7 Å². The summed E-state index contributed by atoms with van der Waals surface area (Å²) in [7, 11) is 5.03. The van der Waals surface area contributed by atoms with E-state index in [9.17, 15) is 0 Å². The molecule has 3 nitrogen and oxygen atoms in total. The van der Waals surface area contributed by atoms with Gasteiger partial charge in [-0.25, -0.2) is 0 Å². The molecule has 0 spiro atoms. The average Bonchev–Trinajstić information content (AvgIpc) is 2.63. The molecule has 0 amide bonds. The Morgan fingerprint density at radius 3 is 2.44 bits per heavy atom. The minimum absolute atomic E-state index is 0.140. The van der Waals surface area contributed by atoms with Crippen molar-refractivity contribution in [3.63, 3.8) is 0 Å². The van der Waals surface area contributed by atoms with E-state index < -0.39 is 0 Å². The molecule has 1 unspecified atom stereocenters. The van der Waals surface area contributed by atoms with E-state index in [0.29, 0.717) is 6.61 Å².